The Hall–Kier alpha value is -0.523. The van der Waals surface area contributed by atoms with Crippen LogP contribution in [0.2, 0.25) is 19.6 Å². The quantitative estimate of drug-likeness (QED) is 0.368. The van der Waals surface area contributed by atoms with Crippen molar-refractivity contribution in [3.05, 3.63) is 12.2 Å². The maximum absolute atomic E-state index is 10.1. The average Bonchev–Trinajstić information content (AvgIpc) is 2.07. The first-order valence-electron chi connectivity index (χ1n) is 5.27. The topological polar surface area (TPSA) is 20.2 Å². The summed E-state index contributed by atoms with van der Waals surface area (Å²) in [5.41, 5.74) is 2.39. The lowest BCUT2D eigenvalue weighted by Gasteiger charge is -2.25. The van der Waals surface area contributed by atoms with E-state index < -0.39 is 13.7 Å². The molecule has 0 aromatic heterocycles. The summed E-state index contributed by atoms with van der Waals surface area (Å²) in [6.07, 6.45) is 5.76. The van der Waals surface area contributed by atoms with Crippen LogP contribution in [-0.4, -0.2) is 18.8 Å². The van der Waals surface area contributed by atoms with Gasteiger partial charge >= 0.3 is 0 Å². The Morgan fingerprint density at radius 3 is 2.50 bits per heavy atom. The highest BCUT2D eigenvalue weighted by atomic mass is 28.3. The van der Waals surface area contributed by atoms with Crippen LogP contribution in [-0.2, 0) is 0 Å². The van der Waals surface area contributed by atoms with Gasteiger partial charge in [-0.2, -0.15) is 0 Å². The van der Waals surface area contributed by atoms with E-state index in [0.29, 0.717) is 5.92 Å². The molecule has 2 atom stereocenters. The van der Waals surface area contributed by atoms with Gasteiger partial charge in [0.1, 0.15) is 13.7 Å². The molecule has 0 aromatic carbocycles. The summed E-state index contributed by atoms with van der Waals surface area (Å²) >= 11 is 0. The zero-order valence-corrected chi connectivity index (χ0v) is 10.6. The Kier molecular flexibility index (Phi) is 3.23. The number of allylic oxidation sites excluding steroid dienone is 1. The maximum Gasteiger partial charge on any atom is 0.143 e. The third-order valence-electron chi connectivity index (χ3n) is 2.34. The van der Waals surface area contributed by atoms with Crippen LogP contribution in [0.15, 0.2) is 12.2 Å². The van der Waals surface area contributed by atoms with Crippen molar-refractivity contribution in [2.24, 2.45) is 5.92 Å². The molecule has 0 bridgehead atoms. The molecule has 14 heavy (non-hydrogen) atoms. The van der Waals surface area contributed by atoms with Crippen LogP contribution < -0.4 is 0 Å². The molecule has 0 fully saturated rings. The molecule has 0 saturated carbocycles. The van der Waals surface area contributed by atoms with Gasteiger partial charge in [0.2, 0.25) is 0 Å². The van der Waals surface area contributed by atoms with Gasteiger partial charge in [-0.05, 0) is 24.8 Å². The van der Waals surface area contributed by atoms with Gasteiger partial charge in [0.25, 0.3) is 0 Å². The second-order valence-corrected chi connectivity index (χ2v) is 10.0. The third-order valence-corrected chi connectivity index (χ3v) is 3.21. The van der Waals surface area contributed by atoms with Gasteiger partial charge in [-0.1, -0.05) is 38.6 Å². The predicted molar refractivity (Wildman–Crippen MR) is 63.6 cm³/mol. The Balaban J connectivity index is 2.76. The second kappa shape index (κ2) is 3.92. The molecular weight excluding hydrogens is 188 g/mol. The van der Waals surface area contributed by atoms with Crippen molar-refractivity contribution < 1.29 is 5.11 Å². The van der Waals surface area contributed by atoms with Crippen LogP contribution in [0.1, 0.15) is 19.8 Å². The highest BCUT2D eigenvalue weighted by Gasteiger charge is 2.25. The first-order valence-corrected chi connectivity index (χ1v) is 8.77. The van der Waals surface area contributed by atoms with E-state index in [2.05, 4.69) is 44.1 Å². The standard InChI is InChI=1S/C12H20OSi/c1-11-5-7-12(13,8-6-11)9-10-14(2,3)4/h5,7,11,13H,6,8H2,1-4H3. The second-order valence-electron chi connectivity index (χ2n) is 5.30. The van der Waals surface area contributed by atoms with E-state index in [9.17, 15) is 5.11 Å². The van der Waals surface area contributed by atoms with E-state index in [1.54, 1.807) is 0 Å². The van der Waals surface area contributed by atoms with E-state index in [4.69, 9.17) is 0 Å². The predicted octanol–water partition coefficient (Wildman–Crippen LogP) is 2.58. The molecule has 0 amide bonds. The summed E-state index contributed by atoms with van der Waals surface area (Å²) in [5, 5.41) is 10.1. The fourth-order valence-corrected chi connectivity index (χ4v) is 1.94. The zero-order chi connectivity index (χ0) is 10.8. The number of aliphatic hydroxyl groups is 1. The van der Waals surface area contributed by atoms with Crippen molar-refractivity contribution in [3.63, 3.8) is 0 Å². The normalized spacial score (nSPS) is 32.2. The molecule has 0 aromatic rings. The molecule has 0 aliphatic heterocycles. The fraction of sp³-hybridized carbons (Fsp3) is 0.667. The van der Waals surface area contributed by atoms with Gasteiger partial charge < -0.3 is 5.11 Å². The van der Waals surface area contributed by atoms with E-state index in [1.807, 2.05) is 6.08 Å². The van der Waals surface area contributed by atoms with Gasteiger partial charge in [-0.25, -0.2) is 0 Å². The zero-order valence-electron chi connectivity index (χ0n) is 9.59. The van der Waals surface area contributed by atoms with Gasteiger partial charge in [0.15, 0.2) is 0 Å². The molecule has 0 spiro atoms. The van der Waals surface area contributed by atoms with E-state index in [1.165, 1.54) is 0 Å². The lowest BCUT2D eigenvalue weighted by atomic mass is 9.87. The van der Waals surface area contributed by atoms with Crippen molar-refractivity contribution in [2.45, 2.75) is 45.0 Å². The Labute approximate surface area is 88.2 Å². The summed E-state index contributed by atoms with van der Waals surface area (Å²) in [6, 6.07) is 0. The molecular formula is C12H20OSi. The van der Waals surface area contributed by atoms with Crippen LogP contribution in [0.25, 0.3) is 0 Å². The van der Waals surface area contributed by atoms with Crippen molar-refractivity contribution in [3.8, 4) is 11.5 Å². The summed E-state index contributed by atoms with van der Waals surface area (Å²) in [5.74, 6) is 3.63. The molecule has 2 unspecified atom stereocenters. The molecule has 1 aliphatic carbocycles. The van der Waals surface area contributed by atoms with Gasteiger partial charge in [-0.15, -0.1) is 5.54 Å². The van der Waals surface area contributed by atoms with Crippen molar-refractivity contribution >= 4 is 8.07 Å². The van der Waals surface area contributed by atoms with Crippen LogP contribution in [0.5, 0.6) is 0 Å². The monoisotopic (exact) mass is 208 g/mol. The molecule has 0 heterocycles. The van der Waals surface area contributed by atoms with E-state index in [-0.39, 0.29) is 0 Å². The smallest absolute Gasteiger partial charge is 0.143 e. The minimum atomic E-state index is -1.36. The van der Waals surface area contributed by atoms with Crippen LogP contribution >= 0.6 is 0 Å². The van der Waals surface area contributed by atoms with Crippen LogP contribution in [0.4, 0.5) is 0 Å². The summed E-state index contributed by atoms with van der Waals surface area (Å²) < 4.78 is 0. The van der Waals surface area contributed by atoms with Gasteiger partial charge in [-0.3, -0.25) is 0 Å². The molecule has 0 saturated heterocycles. The molecule has 0 radical (unpaired) electrons. The lowest BCUT2D eigenvalue weighted by Crippen LogP contribution is -2.29. The summed E-state index contributed by atoms with van der Waals surface area (Å²) in [7, 11) is -1.36. The van der Waals surface area contributed by atoms with Crippen LogP contribution in [0.3, 0.4) is 0 Å². The minimum Gasteiger partial charge on any atom is -0.374 e. The summed E-state index contributed by atoms with van der Waals surface area (Å²) in [4.78, 5) is 0. The third kappa shape index (κ3) is 3.69. The van der Waals surface area contributed by atoms with E-state index in [0.717, 1.165) is 12.8 Å². The first-order chi connectivity index (χ1) is 6.31. The molecule has 1 N–H and O–H groups in total. The highest BCUT2D eigenvalue weighted by Crippen LogP contribution is 2.24. The van der Waals surface area contributed by atoms with Crippen molar-refractivity contribution in [2.75, 3.05) is 0 Å². The van der Waals surface area contributed by atoms with Gasteiger partial charge in [0.05, 0.1) is 0 Å². The molecule has 1 nitrogen and oxygen atoms in total. The molecule has 2 heteroatoms. The number of hydrogen-bond acceptors (Lipinski definition) is 1. The largest absolute Gasteiger partial charge is 0.374 e. The van der Waals surface area contributed by atoms with Crippen molar-refractivity contribution in [1.82, 2.24) is 0 Å². The van der Waals surface area contributed by atoms with Crippen LogP contribution in [0, 0.1) is 17.4 Å². The highest BCUT2D eigenvalue weighted by molar-refractivity contribution is 6.83. The lowest BCUT2D eigenvalue weighted by molar-refractivity contribution is 0.129. The average molecular weight is 208 g/mol. The Bertz CT molecular complexity index is 290. The number of rotatable bonds is 0. The Morgan fingerprint density at radius 2 is 2.07 bits per heavy atom. The minimum absolute atomic E-state index is 0.587. The fourth-order valence-electron chi connectivity index (χ4n) is 1.35. The molecule has 1 aliphatic rings. The van der Waals surface area contributed by atoms with Gasteiger partial charge in [0, 0.05) is 0 Å². The summed E-state index contributed by atoms with van der Waals surface area (Å²) in [6.45, 7) is 8.75. The van der Waals surface area contributed by atoms with E-state index >= 15 is 0 Å². The first kappa shape index (κ1) is 11.6. The van der Waals surface area contributed by atoms with Crippen molar-refractivity contribution in [1.29, 1.82) is 0 Å². The molecule has 78 valence electrons. The molecule has 1 rings (SSSR count). The Morgan fingerprint density at radius 1 is 1.43 bits per heavy atom. The SMILES string of the molecule is CC1C=CC(O)(C#C[Si](C)(C)C)CC1. The number of hydrogen-bond donors (Lipinski definition) is 1. The maximum atomic E-state index is 10.1.